The summed E-state index contributed by atoms with van der Waals surface area (Å²) >= 11 is 3.40. The van der Waals surface area contributed by atoms with Crippen LogP contribution in [0, 0.1) is 6.92 Å². The average Bonchev–Trinajstić information content (AvgIpc) is 2.36. The molecule has 2 rings (SSSR count). The molecule has 1 saturated heterocycles. The normalized spacial score (nSPS) is 17.7. The van der Waals surface area contributed by atoms with E-state index in [1.54, 1.807) is 6.07 Å². The highest BCUT2D eigenvalue weighted by molar-refractivity contribution is 9.10. The Morgan fingerprint density at radius 2 is 1.89 bits per heavy atom. The number of nitrogens with zero attached hydrogens (tertiary/aromatic N) is 1. The van der Waals surface area contributed by atoms with E-state index < -0.39 is 10.2 Å². The molecule has 1 aromatic carbocycles. The van der Waals surface area contributed by atoms with Gasteiger partial charge in [-0.2, -0.15) is 12.7 Å². The molecule has 0 unspecified atom stereocenters. The minimum Gasteiger partial charge on any atom is -0.271 e. The second-order valence-corrected chi connectivity index (χ2v) is 7.00. The number of rotatable bonds is 3. The van der Waals surface area contributed by atoms with Crippen LogP contribution in [0.3, 0.4) is 0 Å². The van der Waals surface area contributed by atoms with Gasteiger partial charge in [0.25, 0.3) is 0 Å². The molecule has 18 heavy (non-hydrogen) atoms. The third-order valence-corrected chi connectivity index (χ3v) is 5.54. The second kappa shape index (κ2) is 5.59. The molecule has 1 heterocycles. The molecule has 0 bridgehead atoms. The molecule has 1 aromatic rings. The van der Waals surface area contributed by atoms with Crippen LogP contribution in [-0.4, -0.2) is 25.8 Å². The molecule has 0 radical (unpaired) electrons. The Balaban J connectivity index is 2.19. The maximum absolute atomic E-state index is 12.2. The molecule has 0 amide bonds. The molecule has 1 fully saturated rings. The summed E-state index contributed by atoms with van der Waals surface area (Å²) in [6, 6.07) is 5.50. The quantitative estimate of drug-likeness (QED) is 0.925. The van der Waals surface area contributed by atoms with Crippen LogP contribution >= 0.6 is 15.9 Å². The van der Waals surface area contributed by atoms with Crippen molar-refractivity contribution in [1.29, 1.82) is 0 Å². The highest BCUT2D eigenvalue weighted by Crippen LogP contribution is 2.25. The lowest BCUT2D eigenvalue weighted by Gasteiger charge is -2.26. The summed E-state index contributed by atoms with van der Waals surface area (Å²) in [5, 5.41) is 0. The van der Waals surface area contributed by atoms with Crippen LogP contribution in [0.2, 0.25) is 0 Å². The molecule has 0 aliphatic carbocycles. The molecule has 1 aliphatic heterocycles. The van der Waals surface area contributed by atoms with E-state index in [0.717, 1.165) is 29.3 Å². The van der Waals surface area contributed by atoms with Crippen molar-refractivity contribution < 1.29 is 8.42 Å². The Bertz CT molecular complexity index is 525. The monoisotopic (exact) mass is 332 g/mol. The number of hydrogen-bond acceptors (Lipinski definition) is 2. The predicted octanol–water partition coefficient (Wildman–Crippen LogP) is 2.90. The summed E-state index contributed by atoms with van der Waals surface area (Å²) in [6.45, 7) is 3.11. The molecule has 0 spiro atoms. The highest BCUT2D eigenvalue weighted by Gasteiger charge is 2.24. The lowest BCUT2D eigenvalue weighted by molar-refractivity contribution is 0.349. The van der Waals surface area contributed by atoms with Gasteiger partial charge in [0.05, 0.1) is 5.69 Å². The first kappa shape index (κ1) is 13.8. The fourth-order valence-electron chi connectivity index (χ4n) is 2.03. The van der Waals surface area contributed by atoms with Crippen LogP contribution in [0.25, 0.3) is 0 Å². The second-order valence-electron chi connectivity index (χ2n) is 4.48. The van der Waals surface area contributed by atoms with Gasteiger partial charge in [-0.05, 0) is 37.5 Å². The maximum atomic E-state index is 12.2. The Hall–Kier alpha value is -0.590. The van der Waals surface area contributed by atoms with Crippen LogP contribution < -0.4 is 4.72 Å². The fourth-order valence-corrected chi connectivity index (χ4v) is 3.76. The van der Waals surface area contributed by atoms with Crippen molar-refractivity contribution in [1.82, 2.24) is 4.31 Å². The topological polar surface area (TPSA) is 49.4 Å². The molecule has 1 aliphatic rings. The van der Waals surface area contributed by atoms with Crippen LogP contribution in [0.1, 0.15) is 24.8 Å². The minimum atomic E-state index is -3.41. The Morgan fingerprint density at radius 3 is 2.56 bits per heavy atom. The van der Waals surface area contributed by atoms with Crippen molar-refractivity contribution in [2.75, 3.05) is 17.8 Å². The zero-order chi connectivity index (χ0) is 13.2. The third-order valence-electron chi connectivity index (χ3n) is 3.16. The van der Waals surface area contributed by atoms with Crippen LogP contribution in [0.5, 0.6) is 0 Å². The lowest BCUT2D eigenvalue weighted by Crippen LogP contribution is -2.39. The van der Waals surface area contributed by atoms with Gasteiger partial charge in [-0.25, -0.2) is 0 Å². The summed E-state index contributed by atoms with van der Waals surface area (Å²) in [5.74, 6) is 0. The molecule has 0 aromatic heterocycles. The minimum absolute atomic E-state index is 0.613. The number of piperidine rings is 1. The molecule has 0 saturated carbocycles. The largest absolute Gasteiger partial charge is 0.301 e. The molecular formula is C12H17BrN2O2S. The first-order valence-electron chi connectivity index (χ1n) is 6.04. The van der Waals surface area contributed by atoms with Crippen LogP contribution in [0.15, 0.2) is 22.7 Å². The number of halogens is 1. The van der Waals surface area contributed by atoms with Gasteiger partial charge >= 0.3 is 10.2 Å². The standard InChI is InChI=1S/C12H17BrN2O2S/c1-10-11(13)6-5-7-12(10)14-18(16,17)15-8-3-2-4-9-15/h5-7,14H,2-4,8-9H2,1H3. The van der Waals surface area contributed by atoms with Crippen LogP contribution in [-0.2, 0) is 10.2 Å². The number of nitrogens with one attached hydrogen (secondary N) is 1. The average molecular weight is 333 g/mol. The van der Waals surface area contributed by atoms with Gasteiger partial charge in [0.1, 0.15) is 0 Å². The fraction of sp³-hybridized carbons (Fsp3) is 0.500. The Labute approximate surface area is 117 Å². The predicted molar refractivity (Wildman–Crippen MR) is 76.8 cm³/mol. The van der Waals surface area contributed by atoms with E-state index in [2.05, 4.69) is 20.7 Å². The first-order chi connectivity index (χ1) is 8.50. The maximum Gasteiger partial charge on any atom is 0.301 e. The molecule has 1 N–H and O–H groups in total. The molecule has 6 heteroatoms. The molecule has 100 valence electrons. The molecular weight excluding hydrogens is 316 g/mol. The van der Waals surface area contributed by atoms with Gasteiger partial charge in [0.2, 0.25) is 0 Å². The molecule has 4 nitrogen and oxygen atoms in total. The van der Waals surface area contributed by atoms with E-state index in [1.165, 1.54) is 4.31 Å². The first-order valence-corrected chi connectivity index (χ1v) is 8.27. The summed E-state index contributed by atoms with van der Waals surface area (Å²) < 4.78 is 29.5. The van der Waals surface area contributed by atoms with Gasteiger partial charge in [-0.3, -0.25) is 4.72 Å². The van der Waals surface area contributed by atoms with Crippen molar-refractivity contribution in [2.45, 2.75) is 26.2 Å². The van der Waals surface area contributed by atoms with E-state index in [4.69, 9.17) is 0 Å². The number of benzene rings is 1. The van der Waals surface area contributed by atoms with E-state index in [9.17, 15) is 8.42 Å². The summed E-state index contributed by atoms with van der Waals surface area (Å²) in [7, 11) is -3.41. The van der Waals surface area contributed by atoms with E-state index in [-0.39, 0.29) is 0 Å². The van der Waals surface area contributed by atoms with Gasteiger partial charge in [-0.1, -0.05) is 28.4 Å². The Kier molecular flexibility index (Phi) is 4.29. The Morgan fingerprint density at radius 1 is 1.22 bits per heavy atom. The van der Waals surface area contributed by atoms with Gasteiger partial charge in [0.15, 0.2) is 0 Å². The summed E-state index contributed by atoms with van der Waals surface area (Å²) in [5.41, 5.74) is 1.54. The molecule has 0 atom stereocenters. The van der Waals surface area contributed by atoms with Crippen molar-refractivity contribution >= 4 is 31.8 Å². The number of anilines is 1. The van der Waals surface area contributed by atoms with Gasteiger partial charge < -0.3 is 0 Å². The number of hydrogen-bond donors (Lipinski definition) is 1. The lowest BCUT2D eigenvalue weighted by atomic mass is 10.2. The zero-order valence-corrected chi connectivity index (χ0v) is 12.7. The van der Waals surface area contributed by atoms with Gasteiger partial charge in [0, 0.05) is 17.6 Å². The van der Waals surface area contributed by atoms with E-state index in [0.29, 0.717) is 18.8 Å². The van der Waals surface area contributed by atoms with Crippen molar-refractivity contribution in [2.24, 2.45) is 0 Å². The van der Waals surface area contributed by atoms with E-state index in [1.807, 2.05) is 19.1 Å². The third kappa shape index (κ3) is 3.05. The van der Waals surface area contributed by atoms with E-state index >= 15 is 0 Å². The van der Waals surface area contributed by atoms with Crippen LogP contribution in [0.4, 0.5) is 5.69 Å². The smallest absolute Gasteiger partial charge is 0.271 e. The van der Waals surface area contributed by atoms with Crippen molar-refractivity contribution in [3.63, 3.8) is 0 Å². The highest BCUT2D eigenvalue weighted by atomic mass is 79.9. The van der Waals surface area contributed by atoms with Gasteiger partial charge in [-0.15, -0.1) is 0 Å². The summed E-state index contributed by atoms with van der Waals surface area (Å²) in [4.78, 5) is 0. The van der Waals surface area contributed by atoms with Crippen molar-refractivity contribution in [3.05, 3.63) is 28.2 Å². The zero-order valence-electron chi connectivity index (χ0n) is 10.3. The SMILES string of the molecule is Cc1c(Br)cccc1NS(=O)(=O)N1CCCCC1. The summed E-state index contributed by atoms with van der Waals surface area (Å²) in [6.07, 6.45) is 3.00. The van der Waals surface area contributed by atoms with Crippen molar-refractivity contribution in [3.8, 4) is 0 Å².